The van der Waals surface area contributed by atoms with Gasteiger partial charge in [-0.3, -0.25) is 4.79 Å². The van der Waals surface area contributed by atoms with Crippen molar-refractivity contribution in [2.24, 2.45) is 5.73 Å². The van der Waals surface area contributed by atoms with E-state index in [1.165, 1.54) is 0 Å². The van der Waals surface area contributed by atoms with E-state index in [2.05, 4.69) is 26.2 Å². The Morgan fingerprint density at radius 3 is 3.05 bits per heavy atom. The third kappa shape index (κ3) is 3.90. The molecule has 0 atom stereocenters. The van der Waals surface area contributed by atoms with Gasteiger partial charge in [-0.2, -0.15) is 0 Å². The maximum atomic E-state index is 12.2. The van der Waals surface area contributed by atoms with E-state index < -0.39 is 0 Å². The van der Waals surface area contributed by atoms with Gasteiger partial charge >= 0.3 is 0 Å². The molecule has 1 aromatic heterocycles. The van der Waals surface area contributed by atoms with Crippen LogP contribution >= 0.6 is 15.9 Å². The number of hydrogen-bond donors (Lipinski definition) is 2. The normalized spacial score (nSPS) is 10.6. The second-order valence-corrected chi connectivity index (χ2v) is 5.29. The van der Waals surface area contributed by atoms with Gasteiger partial charge in [0.1, 0.15) is 5.69 Å². The molecule has 1 amide bonds. The molecule has 6 nitrogen and oxygen atoms in total. The number of carbonyl (C=O) groups excluding carboxylic acids is 1. The van der Waals surface area contributed by atoms with Crippen molar-refractivity contribution >= 4 is 27.5 Å². The average molecular weight is 353 g/mol. The largest absolute Gasteiger partial charge is 0.380 e. The fourth-order valence-electron chi connectivity index (χ4n) is 1.90. The third-order valence-corrected chi connectivity index (χ3v) is 3.65. The standard InChI is InChI=1S/C14H17BrN4O2/c1-21-8-10-11(15)3-2-4-12(10)18-14(20)13-7-19(6-5-16)9-17-13/h2-4,7,9H,5-6,8,16H2,1H3,(H,18,20). The quantitative estimate of drug-likeness (QED) is 0.832. The van der Waals surface area contributed by atoms with Gasteiger partial charge in [-0.15, -0.1) is 0 Å². The first-order valence-corrected chi connectivity index (χ1v) is 7.24. The summed E-state index contributed by atoms with van der Waals surface area (Å²) in [7, 11) is 1.61. The molecule has 0 bridgehead atoms. The van der Waals surface area contributed by atoms with Crippen LogP contribution < -0.4 is 11.1 Å². The van der Waals surface area contributed by atoms with Gasteiger partial charge in [-0.25, -0.2) is 4.98 Å². The Labute approximate surface area is 131 Å². The molecule has 3 N–H and O–H groups in total. The molecular formula is C14H17BrN4O2. The Balaban J connectivity index is 2.17. The van der Waals surface area contributed by atoms with Crippen LogP contribution in [0, 0.1) is 0 Å². The number of nitrogens with one attached hydrogen (secondary N) is 1. The summed E-state index contributed by atoms with van der Waals surface area (Å²) in [5.74, 6) is -0.263. The van der Waals surface area contributed by atoms with Gasteiger partial charge in [0.2, 0.25) is 0 Å². The van der Waals surface area contributed by atoms with E-state index in [0.717, 1.165) is 10.0 Å². The summed E-state index contributed by atoms with van der Waals surface area (Å²) in [6.07, 6.45) is 3.27. The highest BCUT2D eigenvalue weighted by atomic mass is 79.9. The van der Waals surface area contributed by atoms with Gasteiger partial charge < -0.3 is 20.4 Å². The summed E-state index contributed by atoms with van der Waals surface area (Å²) in [6, 6.07) is 5.58. The fourth-order valence-corrected chi connectivity index (χ4v) is 2.38. The van der Waals surface area contributed by atoms with Crippen LogP contribution in [0.25, 0.3) is 0 Å². The molecule has 112 valence electrons. The van der Waals surface area contributed by atoms with Crippen LogP contribution in [-0.2, 0) is 17.9 Å². The van der Waals surface area contributed by atoms with Gasteiger partial charge in [0, 0.05) is 42.1 Å². The molecule has 2 aromatic rings. The molecule has 0 aliphatic rings. The molecule has 0 fully saturated rings. The lowest BCUT2D eigenvalue weighted by Gasteiger charge is -2.11. The SMILES string of the molecule is COCc1c(Br)cccc1NC(=O)c1cn(CCN)cn1. The summed E-state index contributed by atoms with van der Waals surface area (Å²) >= 11 is 3.45. The molecule has 0 spiro atoms. The lowest BCUT2D eigenvalue weighted by Crippen LogP contribution is -2.14. The van der Waals surface area contributed by atoms with E-state index in [1.807, 2.05) is 18.2 Å². The van der Waals surface area contributed by atoms with E-state index in [1.54, 1.807) is 24.2 Å². The minimum absolute atomic E-state index is 0.263. The number of imidazole rings is 1. The van der Waals surface area contributed by atoms with Crippen molar-refractivity contribution in [1.29, 1.82) is 0 Å². The predicted octanol–water partition coefficient (Wildman–Crippen LogP) is 2.00. The Morgan fingerprint density at radius 2 is 2.33 bits per heavy atom. The number of benzene rings is 1. The van der Waals surface area contributed by atoms with E-state index in [4.69, 9.17) is 10.5 Å². The maximum absolute atomic E-state index is 12.2. The molecule has 0 radical (unpaired) electrons. The first-order valence-electron chi connectivity index (χ1n) is 6.45. The van der Waals surface area contributed by atoms with Crippen molar-refractivity contribution in [1.82, 2.24) is 9.55 Å². The number of carbonyl (C=O) groups is 1. The predicted molar refractivity (Wildman–Crippen MR) is 84.1 cm³/mol. The molecular weight excluding hydrogens is 336 g/mol. The molecule has 1 aromatic carbocycles. The fraction of sp³-hybridized carbons (Fsp3) is 0.286. The molecule has 7 heteroatoms. The smallest absolute Gasteiger partial charge is 0.275 e. The summed E-state index contributed by atoms with van der Waals surface area (Å²) in [5.41, 5.74) is 7.41. The molecule has 2 rings (SSSR count). The van der Waals surface area contributed by atoms with Crippen molar-refractivity contribution < 1.29 is 9.53 Å². The van der Waals surface area contributed by atoms with Crippen LogP contribution in [0.15, 0.2) is 35.2 Å². The summed E-state index contributed by atoms with van der Waals surface area (Å²) in [6.45, 7) is 1.53. The zero-order chi connectivity index (χ0) is 15.2. The molecule has 0 aliphatic heterocycles. The number of aromatic nitrogens is 2. The highest BCUT2D eigenvalue weighted by Crippen LogP contribution is 2.25. The van der Waals surface area contributed by atoms with Crippen LogP contribution in [0.1, 0.15) is 16.1 Å². The van der Waals surface area contributed by atoms with Crippen molar-refractivity contribution in [3.05, 3.63) is 46.5 Å². The number of anilines is 1. The van der Waals surface area contributed by atoms with E-state index in [9.17, 15) is 4.79 Å². The average Bonchev–Trinajstić information content (AvgIpc) is 2.92. The summed E-state index contributed by atoms with van der Waals surface area (Å²) in [4.78, 5) is 16.3. The van der Waals surface area contributed by atoms with Gasteiger partial charge in [-0.1, -0.05) is 22.0 Å². The van der Waals surface area contributed by atoms with Crippen LogP contribution in [0.5, 0.6) is 0 Å². The van der Waals surface area contributed by atoms with Crippen LogP contribution in [0.3, 0.4) is 0 Å². The molecule has 1 heterocycles. The zero-order valence-electron chi connectivity index (χ0n) is 11.7. The Bertz CT molecular complexity index is 627. The summed E-state index contributed by atoms with van der Waals surface area (Å²) in [5, 5.41) is 2.85. The molecule has 0 saturated heterocycles. The van der Waals surface area contributed by atoms with Gasteiger partial charge in [0.25, 0.3) is 5.91 Å². The first kappa shape index (κ1) is 15.7. The van der Waals surface area contributed by atoms with Crippen molar-refractivity contribution in [3.8, 4) is 0 Å². The van der Waals surface area contributed by atoms with Crippen molar-refractivity contribution in [3.63, 3.8) is 0 Å². The van der Waals surface area contributed by atoms with Crippen LogP contribution in [-0.4, -0.2) is 29.1 Å². The van der Waals surface area contributed by atoms with E-state index >= 15 is 0 Å². The minimum Gasteiger partial charge on any atom is -0.380 e. The first-order chi connectivity index (χ1) is 10.2. The Morgan fingerprint density at radius 1 is 1.52 bits per heavy atom. The Hall–Kier alpha value is -1.70. The number of amides is 1. The number of nitrogens with two attached hydrogens (primary N) is 1. The maximum Gasteiger partial charge on any atom is 0.275 e. The van der Waals surface area contributed by atoms with E-state index in [0.29, 0.717) is 31.1 Å². The van der Waals surface area contributed by atoms with Crippen LogP contribution in [0.2, 0.25) is 0 Å². The van der Waals surface area contributed by atoms with Gasteiger partial charge in [-0.05, 0) is 12.1 Å². The second-order valence-electron chi connectivity index (χ2n) is 4.44. The number of halogens is 1. The molecule has 0 unspecified atom stereocenters. The zero-order valence-corrected chi connectivity index (χ0v) is 13.3. The van der Waals surface area contributed by atoms with E-state index in [-0.39, 0.29) is 5.91 Å². The monoisotopic (exact) mass is 352 g/mol. The topological polar surface area (TPSA) is 82.2 Å². The number of rotatable bonds is 6. The number of hydrogen-bond acceptors (Lipinski definition) is 4. The second kappa shape index (κ2) is 7.35. The van der Waals surface area contributed by atoms with Crippen molar-refractivity contribution in [2.45, 2.75) is 13.2 Å². The molecule has 0 aliphatic carbocycles. The van der Waals surface area contributed by atoms with Gasteiger partial charge in [0.05, 0.1) is 12.9 Å². The van der Waals surface area contributed by atoms with Gasteiger partial charge in [0.15, 0.2) is 0 Å². The third-order valence-electron chi connectivity index (χ3n) is 2.91. The number of nitrogens with zero attached hydrogens (tertiary/aromatic N) is 2. The highest BCUT2D eigenvalue weighted by molar-refractivity contribution is 9.10. The minimum atomic E-state index is -0.263. The Kier molecular flexibility index (Phi) is 5.49. The number of ether oxygens (including phenoxy) is 1. The summed E-state index contributed by atoms with van der Waals surface area (Å²) < 4.78 is 7.83. The van der Waals surface area contributed by atoms with Crippen molar-refractivity contribution in [2.75, 3.05) is 19.0 Å². The lowest BCUT2D eigenvalue weighted by molar-refractivity contribution is 0.102. The molecule has 0 saturated carbocycles. The lowest BCUT2D eigenvalue weighted by atomic mass is 10.2. The molecule has 21 heavy (non-hydrogen) atoms. The van der Waals surface area contributed by atoms with Crippen LogP contribution in [0.4, 0.5) is 5.69 Å². The highest BCUT2D eigenvalue weighted by Gasteiger charge is 2.13. The number of methoxy groups -OCH3 is 1.